The lowest BCUT2D eigenvalue weighted by molar-refractivity contribution is 0.0560. The molecule has 0 bridgehead atoms. The molecule has 0 atom stereocenters. The minimum atomic E-state index is 0.363. The first kappa shape index (κ1) is 12.4. The fourth-order valence-corrected chi connectivity index (χ4v) is 4.69. The van der Waals surface area contributed by atoms with Crippen LogP contribution in [-0.4, -0.2) is 18.0 Å². The van der Waals surface area contributed by atoms with Crippen molar-refractivity contribution in [3.63, 3.8) is 0 Å². The monoisotopic (exact) mass is 261 g/mol. The van der Waals surface area contributed by atoms with Crippen LogP contribution in [0.15, 0.2) is 29.2 Å². The van der Waals surface area contributed by atoms with Gasteiger partial charge >= 0.3 is 0 Å². The van der Waals surface area contributed by atoms with Gasteiger partial charge in [0.1, 0.15) is 0 Å². The van der Waals surface area contributed by atoms with E-state index in [1.807, 2.05) is 11.3 Å². The molecule has 0 unspecified atom stereocenters. The maximum atomic E-state index is 2.77. The van der Waals surface area contributed by atoms with Gasteiger partial charge in [-0.3, -0.25) is 4.90 Å². The van der Waals surface area contributed by atoms with Gasteiger partial charge in [0.05, 0.1) is 5.54 Å². The lowest BCUT2D eigenvalue weighted by Gasteiger charge is -2.47. The van der Waals surface area contributed by atoms with Crippen LogP contribution in [-0.2, 0) is 5.54 Å². The zero-order valence-electron chi connectivity index (χ0n) is 11.3. The summed E-state index contributed by atoms with van der Waals surface area (Å²) in [6, 6.07) is 4.59. The van der Waals surface area contributed by atoms with Gasteiger partial charge < -0.3 is 0 Å². The van der Waals surface area contributed by atoms with Gasteiger partial charge in [0.25, 0.3) is 0 Å². The number of rotatable bonds is 2. The lowest BCUT2D eigenvalue weighted by Crippen LogP contribution is -2.49. The van der Waals surface area contributed by atoms with Gasteiger partial charge in [0.2, 0.25) is 0 Å². The third kappa shape index (κ3) is 2.17. The maximum absolute atomic E-state index is 2.77. The molecule has 0 spiro atoms. The van der Waals surface area contributed by atoms with Crippen LogP contribution in [0.3, 0.4) is 0 Å². The van der Waals surface area contributed by atoms with E-state index in [1.54, 1.807) is 10.5 Å². The molecule has 2 aliphatic rings. The van der Waals surface area contributed by atoms with Crippen molar-refractivity contribution in [3.8, 4) is 0 Å². The first-order valence-electron chi connectivity index (χ1n) is 7.26. The predicted octanol–water partition coefficient (Wildman–Crippen LogP) is 4.56. The number of nitrogens with zero attached hydrogens (tertiary/aromatic N) is 1. The molecule has 0 saturated heterocycles. The SMILES string of the molecule is CC1=CCCN(C2(c3cccs3)CCCCC2)C1. The van der Waals surface area contributed by atoms with Gasteiger partial charge in [-0.15, -0.1) is 11.3 Å². The van der Waals surface area contributed by atoms with E-state index < -0.39 is 0 Å². The summed E-state index contributed by atoms with van der Waals surface area (Å²) < 4.78 is 0. The van der Waals surface area contributed by atoms with E-state index in [1.165, 1.54) is 51.6 Å². The molecule has 0 radical (unpaired) electrons. The van der Waals surface area contributed by atoms with Crippen molar-refractivity contribution >= 4 is 11.3 Å². The Kier molecular flexibility index (Phi) is 3.58. The predicted molar refractivity (Wildman–Crippen MR) is 79.0 cm³/mol. The van der Waals surface area contributed by atoms with Gasteiger partial charge in [-0.1, -0.05) is 37.0 Å². The van der Waals surface area contributed by atoms with Crippen molar-refractivity contribution in [2.75, 3.05) is 13.1 Å². The molecule has 2 heteroatoms. The molecule has 0 aromatic carbocycles. The molecule has 1 nitrogen and oxygen atoms in total. The molecular formula is C16H23NS. The molecule has 18 heavy (non-hydrogen) atoms. The largest absolute Gasteiger partial charge is 0.289 e. The molecule has 1 aliphatic heterocycles. The average molecular weight is 261 g/mol. The summed E-state index contributed by atoms with van der Waals surface area (Å²) in [5.41, 5.74) is 1.92. The van der Waals surface area contributed by atoms with Crippen LogP contribution in [0.1, 0.15) is 50.3 Å². The zero-order chi connectivity index (χ0) is 12.4. The highest BCUT2D eigenvalue weighted by atomic mass is 32.1. The van der Waals surface area contributed by atoms with E-state index in [-0.39, 0.29) is 0 Å². The second-order valence-electron chi connectivity index (χ2n) is 5.83. The normalized spacial score (nSPS) is 24.8. The minimum absolute atomic E-state index is 0.363. The molecule has 1 aliphatic carbocycles. The first-order valence-corrected chi connectivity index (χ1v) is 8.14. The van der Waals surface area contributed by atoms with Crippen molar-refractivity contribution < 1.29 is 0 Å². The average Bonchev–Trinajstić information content (AvgIpc) is 2.94. The van der Waals surface area contributed by atoms with Crippen LogP contribution >= 0.6 is 11.3 Å². The Morgan fingerprint density at radius 3 is 2.72 bits per heavy atom. The van der Waals surface area contributed by atoms with Crippen molar-refractivity contribution in [1.29, 1.82) is 0 Å². The molecule has 3 rings (SSSR count). The minimum Gasteiger partial charge on any atom is -0.289 e. The number of hydrogen-bond acceptors (Lipinski definition) is 2. The molecule has 0 amide bonds. The molecule has 1 aromatic heterocycles. The van der Waals surface area contributed by atoms with Crippen LogP contribution in [0.4, 0.5) is 0 Å². The van der Waals surface area contributed by atoms with Crippen molar-refractivity contribution in [1.82, 2.24) is 4.90 Å². The fourth-order valence-electron chi connectivity index (χ4n) is 3.68. The summed E-state index contributed by atoms with van der Waals surface area (Å²) in [5, 5.41) is 2.25. The van der Waals surface area contributed by atoms with Gasteiger partial charge in [-0.25, -0.2) is 0 Å². The van der Waals surface area contributed by atoms with E-state index in [0.29, 0.717) is 5.54 Å². The number of hydrogen-bond donors (Lipinski definition) is 0. The van der Waals surface area contributed by atoms with Crippen LogP contribution in [0.5, 0.6) is 0 Å². The van der Waals surface area contributed by atoms with Crippen molar-refractivity contribution in [2.45, 2.75) is 51.0 Å². The van der Waals surface area contributed by atoms with E-state index in [9.17, 15) is 0 Å². The van der Waals surface area contributed by atoms with Crippen molar-refractivity contribution in [2.24, 2.45) is 0 Å². The molecule has 2 heterocycles. The third-order valence-electron chi connectivity index (χ3n) is 4.60. The zero-order valence-corrected chi connectivity index (χ0v) is 12.1. The van der Waals surface area contributed by atoms with Crippen molar-refractivity contribution in [3.05, 3.63) is 34.0 Å². The van der Waals surface area contributed by atoms with Crippen LogP contribution in [0.25, 0.3) is 0 Å². The highest BCUT2D eigenvalue weighted by Crippen LogP contribution is 2.45. The lowest BCUT2D eigenvalue weighted by atomic mass is 9.78. The Hall–Kier alpha value is -0.600. The Labute approximate surface area is 115 Å². The Morgan fingerprint density at radius 1 is 1.22 bits per heavy atom. The van der Waals surface area contributed by atoms with E-state index in [4.69, 9.17) is 0 Å². The second-order valence-corrected chi connectivity index (χ2v) is 6.78. The quantitative estimate of drug-likeness (QED) is 0.705. The molecule has 1 aromatic rings. The summed E-state index contributed by atoms with van der Waals surface area (Å²) >= 11 is 1.96. The van der Waals surface area contributed by atoms with E-state index in [0.717, 1.165) is 0 Å². The van der Waals surface area contributed by atoms with Gasteiger partial charge in [0, 0.05) is 18.0 Å². The number of thiophene rings is 1. The summed E-state index contributed by atoms with van der Waals surface area (Å²) in [6.07, 6.45) is 10.6. The second kappa shape index (κ2) is 5.18. The summed E-state index contributed by atoms with van der Waals surface area (Å²) in [7, 11) is 0. The molecule has 1 fully saturated rings. The Bertz CT molecular complexity index is 412. The molecular weight excluding hydrogens is 238 g/mol. The standard InChI is InChI=1S/C16H23NS/c1-14-7-5-11-17(13-14)16(9-3-2-4-10-16)15-8-6-12-18-15/h6-8,12H,2-5,9-11,13H2,1H3. The fraction of sp³-hybridized carbons (Fsp3) is 0.625. The maximum Gasteiger partial charge on any atom is 0.0556 e. The van der Waals surface area contributed by atoms with E-state index in [2.05, 4.69) is 35.4 Å². The topological polar surface area (TPSA) is 3.24 Å². The van der Waals surface area contributed by atoms with Crippen LogP contribution < -0.4 is 0 Å². The van der Waals surface area contributed by atoms with E-state index >= 15 is 0 Å². The smallest absolute Gasteiger partial charge is 0.0556 e. The Balaban J connectivity index is 1.92. The van der Waals surface area contributed by atoms with Crippen LogP contribution in [0, 0.1) is 0 Å². The molecule has 0 N–H and O–H groups in total. The molecule has 1 saturated carbocycles. The highest BCUT2D eigenvalue weighted by molar-refractivity contribution is 7.10. The highest BCUT2D eigenvalue weighted by Gasteiger charge is 2.40. The summed E-state index contributed by atoms with van der Waals surface area (Å²) in [6.45, 7) is 4.71. The molecule has 98 valence electrons. The third-order valence-corrected chi connectivity index (χ3v) is 5.66. The summed E-state index contributed by atoms with van der Waals surface area (Å²) in [5.74, 6) is 0. The van der Waals surface area contributed by atoms with Crippen LogP contribution in [0.2, 0.25) is 0 Å². The summed E-state index contributed by atoms with van der Waals surface area (Å²) in [4.78, 5) is 4.38. The first-order chi connectivity index (χ1) is 8.81. The Morgan fingerprint density at radius 2 is 2.06 bits per heavy atom. The van der Waals surface area contributed by atoms with Gasteiger partial charge in [-0.05, 0) is 37.6 Å². The van der Waals surface area contributed by atoms with Gasteiger partial charge in [0.15, 0.2) is 0 Å². The van der Waals surface area contributed by atoms with Gasteiger partial charge in [-0.2, -0.15) is 0 Å².